The molecule has 3 nitrogen and oxygen atoms in total. The molecule has 108 valence electrons. The summed E-state index contributed by atoms with van der Waals surface area (Å²) in [5, 5.41) is 0. The number of nitrogens with one attached hydrogen (secondary N) is 1. The number of hydroxylamine groups is 1. The molecule has 21 heavy (non-hydrogen) atoms. The topological polar surface area (TPSA) is 38.3 Å². The Morgan fingerprint density at radius 1 is 1.05 bits per heavy atom. The fraction of sp³-hybridized carbons (Fsp3) is 0.278. The summed E-state index contributed by atoms with van der Waals surface area (Å²) < 4.78 is 0. The number of aryl methyl sites for hydroxylation is 1. The van der Waals surface area contributed by atoms with E-state index in [0.717, 1.165) is 5.56 Å². The van der Waals surface area contributed by atoms with Gasteiger partial charge >= 0.3 is 0 Å². The van der Waals surface area contributed by atoms with Crippen molar-refractivity contribution in [2.75, 3.05) is 7.11 Å². The predicted octanol–water partition coefficient (Wildman–Crippen LogP) is 3.11. The summed E-state index contributed by atoms with van der Waals surface area (Å²) in [6.45, 7) is 2.06. The first-order chi connectivity index (χ1) is 10.2. The summed E-state index contributed by atoms with van der Waals surface area (Å²) in [6.07, 6.45) is 0. The maximum atomic E-state index is 12.6. The minimum absolute atomic E-state index is 0.0467. The van der Waals surface area contributed by atoms with Crippen LogP contribution in [-0.4, -0.2) is 18.9 Å². The van der Waals surface area contributed by atoms with E-state index < -0.39 is 0 Å². The van der Waals surface area contributed by atoms with Gasteiger partial charge in [-0.15, -0.1) is 0 Å². The van der Waals surface area contributed by atoms with Gasteiger partial charge < -0.3 is 4.84 Å². The first-order valence-corrected chi connectivity index (χ1v) is 7.16. The second kappa shape index (κ2) is 5.80. The molecule has 0 spiro atoms. The van der Waals surface area contributed by atoms with Crippen LogP contribution in [0.4, 0.5) is 0 Å². The van der Waals surface area contributed by atoms with Crippen molar-refractivity contribution in [2.45, 2.75) is 18.9 Å². The van der Waals surface area contributed by atoms with Crippen LogP contribution in [0.5, 0.6) is 0 Å². The number of hydrogen-bond acceptors (Lipinski definition) is 3. The minimum atomic E-state index is -0.0601. The molecular weight excluding hydrogens is 262 g/mol. The van der Waals surface area contributed by atoms with Gasteiger partial charge in [-0.2, -0.15) is 5.48 Å². The van der Waals surface area contributed by atoms with Gasteiger partial charge in [0, 0.05) is 17.4 Å². The van der Waals surface area contributed by atoms with Crippen LogP contribution in [0, 0.1) is 12.8 Å². The van der Waals surface area contributed by atoms with Crippen LogP contribution in [0.3, 0.4) is 0 Å². The quantitative estimate of drug-likeness (QED) is 0.676. The van der Waals surface area contributed by atoms with E-state index in [1.165, 1.54) is 11.1 Å². The molecule has 0 unspecified atom stereocenters. The molecule has 1 N–H and O–H groups in total. The van der Waals surface area contributed by atoms with Gasteiger partial charge in [0.05, 0.1) is 13.2 Å². The van der Waals surface area contributed by atoms with E-state index in [1.807, 2.05) is 30.3 Å². The van der Waals surface area contributed by atoms with Crippen molar-refractivity contribution in [2.24, 2.45) is 5.92 Å². The smallest absolute Gasteiger partial charge is 0.168 e. The monoisotopic (exact) mass is 281 g/mol. The zero-order valence-corrected chi connectivity index (χ0v) is 12.2. The molecule has 0 heterocycles. The van der Waals surface area contributed by atoms with E-state index >= 15 is 0 Å². The zero-order valence-electron chi connectivity index (χ0n) is 12.2. The molecule has 2 aromatic rings. The summed E-state index contributed by atoms with van der Waals surface area (Å²) in [7, 11) is 1.59. The summed E-state index contributed by atoms with van der Waals surface area (Å²) in [5.74, 6) is 0.295. The van der Waals surface area contributed by atoms with Crippen molar-refractivity contribution in [1.29, 1.82) is 0 Å². The van der Waals surface area contributed by atoms with Crippen molar-refractivity contribution in [3.63, 3.8) is 0 Å². The first kappa shape index (κ1) is 14.0. The molecule has 3 atom stereocenters. The maximum absolute atomic E-state index is 12.6. The largest absolute Gasteiger partial charge is 0.305 e. The second-order valence-electron chi connectivity index (χ2n) is 5.54. The Balaban J connectivity index is 1.84. The van der Waals surface area contributed by atoms with Crippen LogP contribution in [0.15, 0.2) is 54.6 Å². The zero-order chi connectivity index (χ0) is 14.8. The number of rotatable bonds is 5. The predicted molar refractivity (Wildman–Crippen MR) is 82.1 cm³/mol. The van der Waals surface area contributed by atoms with Gasteiger partial charge in [-0.3, -0.25) is 4.79 Å². The fourth-order valence-electron chi connectivity index (χ4n) is 2.92. The SMILES string of the molecule is CON[C@H]1[C@@H](C(=O)c2ccccc2)[C@@H]1c1ccc(C)cc1. The average molecular weight is 281 g/mol. The van der Waals surface area contributed by atoms with Gasteiger partial charge in [0.25, 0.3) is 0 Å². The number of carbonyl (C=O) groups excluding carboxylic acids is 1. The molecule has 3 rings (SSSR count). The van der Waals surface area contributed by atoms with E-state index in [9.17, 15) is 4.79 Å². The Morgan fingerprint density at radius 3 is 2.33 bits per heavy atom. The second-order valence-corrected chi connectivity index (χ2v) is 5.54. The number of ketones is 1. The van der Waals surface area contributed by atoms with Crippen molar-refractivity contribution >= 4 is 5.78 Å². The third kappa shape index (κ3) is 2.75. The summed E-state index contributed by atoms with van der Waals surface area (Å²) >= 11 is 0. The lowest BCUT2D eigenvalue weighted by Gasteiger charge is -2.01. The van der Waals surface area contributed by atoms with Gasteiger partial charge in [-0.05, 0) is 12.5 Å². The summed E-state index contributed by atoms with van der Waals surface area (Å²) in [4.78, 5) is 17.7. The Bertz CT molecular complexity index is 621. The molecule has 0 aromatic heterocycles. The van der Waals surface area contributed by atoms with E-state index in [1.54, 1.807) is 7.11 Å². The number of carbonyl (C=O) groups is 1. The van der Waals surface area contributed by atoms with E-state index in [2.05, 4.69) is 36.7 Å². The molecule has 0 aliphatic heterocycles. The molecule has 0 bridgehead atoms. The Morgan fingerprint density at radius 2 is 1.71 bits per heavy atom. The highest BCUT2D eigenvalue weighted by atomic mass is 16.6. The third-order valence-corrected chi connectivity index (χ3v) is 4.10. The van der Waals surface area contributed by atoms with E-state index in [-0.39, 0.29) is 23.7 Å². The van der Waals surface area contributed by atoms with Crippen molar-refractivity contribution in [3.8, 4) is 0 Å². The molecule has 3 heteroatoms. The average Bonchev–Trinajstić information content (AvgIpc) is 3.22. The molecule has 1 aliphatic rings. The first-order valence-electron chi connectivity index (χ1n) is 7.16. The van der Waals surface area contributed by atoms with Crippen molar-refractivity contribution in [3.05, 3.63) is 71.3 Å². The molecule has 1 fully saturated rings. The molecule has 1 aliphatic carbocycles. The standard InChI is InChI=1S/C18H19NO2/c1-12-8-10-13(11-9-12)15-16(17(15)19-21-2)18(20)14-6-4-3-5-7-14/h3-11,15-17,19H,1-2H3/t15-,16-,17+/m0/s1. The minimum Gasteiger partial charge on any atom is -0.305 e. The van der Waals surface area contributed by atoms with Crippen LogP contribution >= 0.6 is 0 Å². The summed E-state index contributed by atoms with van der Waals surface area (Å²) in [5.41, 5.74) is 6.13. The lowest BCUT2D eigenvalue weighted by molar-refractivity contribution is 0.0765. The highest BCUT2D eigenvalue weighted by molar-refractivity contribution is 6.01. The van der Waals surface area contributed by atoms with Crippen LogP contribution < -0.4 is 5.48 Å². The summed E-state index contributed by atoms with van der Waals surface area (Å²) in [6, 6.07) is 17.9. The molecule has 0 radical (unpaired) electrons. The lowest BCUT2D eigenvalue weighted by atomic mass is 10.0. The normalized spacial score (nSPS) is 23.8. The van der Waals surface area contributed by atoms with Gasteiger partial charge in [0.15, 0.2) is 5.78 Å². The van der Waals surface area contributed by atoms with Crippen LogP contribution in [0.1, 0.15) is 27.4 Å². The maximum Gasteiger partial charge on any atom is 0.168 e. The fourth-order valence-corrected chi connectivity index (χ4v) is 2.92. The highest BCUT2D eigenvalue weighted by Crippen LogP contribution is 2.49. The Hall–Kier alpha value is -1.97. The molecule has 0 amide bonds. The van der Waals surface area contributed by atoms with Gasteiger partial charge in [0.2, 0.25) is 0 Å². The molecule has 2 aromatic carbocycles. The van der Waals surface area contributed by atoms with E-state index in [4.69, 9.17) is 4.84 Å². The number of benzene rings is 2. The van der Waals surface area contributed by atoms with Crippen LogP contribution in [-0.2, 0) is 4.84 Å². The third-order valence-electron chi connectivity index (χ3n) is 4.10. The van der Waals surface area contributed by atoms with Crippen molar-refractivity contribution in [1.82, 2.24) is 5.48 Å². The van der Waals surface area contributed by atoms with Gasteiger partial charge in [-0.1, -0.05) is 60.2 Å². The van der Waals surface area contributed by atoms with Crippen LogP contribution in [0.2, 0.25) is 0 Å². The Labute approximate surface area is 124 Å². The molecule has 1 saturated carbocycles. The van der Waals surface area contributed by atoms with Crippen molar-refractivity contribution < 1.29 is 9.63 Å². The number of Topliss-reactive ketones (excluding diaryl/α,β-unsaturated/α-hetero) is 1. The Kier molecular flexibility index (Phi) is 3.86. The number of hydrogen-bond donors (Lipinski definition) is 1. The molecule has 0 saturated heterocycles. The van der Waals surface area contributed by atoms with Crippen LogP contribution in [0.25, 0.3) is 0 Å². The molecular formula is C18H19NO2. The highest BCUT2D eigenvalue weighted by Gasteiger charge is 2.55. The van der Waals surface area contributed by atoms with Gasteiger partial charge in [0.1, 0.15) is 0 Å². The van der Waals surface area contributed by atoms with E-state index in [0.29, 0.717) is 0 Å². The lowest BCUT2D eigenvalue weighted by Crippen LogP contribution is -2.19. The van der Waals surface area contributed by atoms with Gasteiger partial charge in [-0.25, -0.2) is 0 Å².